The number of hydrogen-bond acceptors (Lipinski definition) is 4. The van der Waals surface area contributed by atoms with Gasteiger partial charge in [0.2, 0.25) is 5.91 Å². The summed E-state index contributed by atoms with van der Waals surface area (Å²) in [5.41, 5.74) is 6.06. The summed E-state index contributed by atoms with van der Waals surface area (Å²) in [7, 11) is 0. The lowest BCUT2D eigenvalue weighted by atomic mass is 9.98. The molecule has 2 heterocycles. The maximum atomic E-state index is 12.3. The van der Waals surface area contributed by atoms with E-state index >= 15 is 0 Å². The summed E-state index contributed by atoms with van der Waals surface area (Å²) in [6.45, 7) is 9.49. The number of nitrogens with two attached hydrogens (primary N) is 1. The van der Waals surface area contributed by atoms with Crippen LogP contribution in [0.15, 0.2) is 0 Å². The number of carbonyl (C=O) groups excluding carboxylic acids is 1. The molecule has 2 atom stereocenters. The molecule has 0 aliphatic carbocycles. The van der Waals surface area contributed by atoms with Gasteiger partial charge >= 0.3 is 0 Å². The normalized spacial score (nSPS) is 24.2. The molecule has 2 fully saturated rings. The first-order valence-corrected chi connectivity index (χ1v) is 7.99. The second kappa shape index (κ2) is 8.93. The summed E-state index contributed by atoms with van der Waals surface area (Å²) >= 11 is 0. The fraction of sp³-hybridized carbons (Fsp3) is 0.933. The highest BCUT2D eigenvalue weighted by molar-refractivity contribution is 5.85. The van der Waals surface area contributed by atoms with Crippen LogP contribution in [0.4, 0.5) is 0 Å². The quantitative estimate of drug-likeness (QED) is 0.843. The number of ether oxygens (including phenoxy) is 1. The highest BCUT2D eigenvalue weighted by atomic mass is 35.5. The predicted molar refractivity (Wildman–Crippen MR) is 86.7 cm³/mol. The van der Waals surface area contributed by atoms with Gasteiger partial charge in [0.15, 0.2) is 0 Å². The summed E-state index contributed by atoms with van der Waals surface area (Å²) in [4.78, 5) is 16.8. The number of nitrogens with zero attached hydrogens (tertiary/aromatic N) is 2. The van der Waals surface area contributed by atoms with Crippen molar-refractivity contribution in [3.05, 3.63) is 0 Å². The maximum Gasteiger partial charge on any atom is 0.239 e. The number of hydrogen-bond donors (Lipinski definition) is 1. The molecular weight excluding hydrogens is 290 g/mol. The molecule has 1 amide bonds. The second-order valence-corrected chi connectivity index (χ2v) is 6.12. The van der Waals surface area contributed by atoms with Crippen molar-refractivity contribution in [3.8, 4) is 0 Å². The van der Waals surface area contributed by atoms with E-state index in [9.17, 15) is 4.79 Å². The van der Waals surface area contributed by atoms with E-state index in [4.69, 9.17) is 10.5 Å². The van der Waals surface area contributed by atoms with Gasteiger partial charge in [-0.1, -0.05) is 20.3 Å². The molecule has 0 bridgehead atoms. The predicted octanol–water partition coefficient (Wildman–Crippen LogP) is 1.10. The van der Waals surface area contributed by atoms with Crippen LogP contribution >= 0.6 is 12.4 Å². The zero-order valence-corrected chi connectivity index (χ0v) is 14.1. The van der Waals surface area contributed by atoms with Gasteiger partial charge in [-0.05, 0) is 18.8 Å². The fourth-order valence-electron chi connectivity index (χ4n) is 3.07. The van der Waals surface area contributed by atoms with E-state index in [-0.39, 0.29) is 30.3 Å². The van der Waals surface area contributed by atoms with Crippen molar-refractivity contribution >= 4 is 18.3 Å². The Kier molecular flexibility index (Phi) is 7.95. The molecule has 21 heavy (non-hydrogen) atoms. The lowest BCUT2D eigenvalue weighted by Crippen LogP contribution is -2.56. The first kappa shape index (κ1) is 18.7. The minimum atomic E-state index is -0.338. The van der Waals surface area contributed by atoms with E-state index < -0.39 is 0 Å². The van der Waals surface area contributed by atoms with Gasteiger partial charge in [0, 0.05) is 45.4 Å². The molecule has 2 unspecified atom stereocenters. The largest absolute Gasteiger partial charge is 0.381 e. The van der Waals surface area contributed by atoms with E-state index in [2.05, 4.69) is 18.7 Å². The first-order valence-electron chi connectivity index (χ1n) is 7.99. The molecule has 2 rings (SSSR count). The van der Waals surface area contributed by atoms with Gasteiger partial charge in [-0.2, -0.15) is 0 Å². The highest BCUT2D eigenvalue weighted by Crippen LogP contribution is 2.17. The Morgan fingerprint density at radius 3 is 2.33 bits per heavy atom. The Hall–Kier alpha value is -0.360. The van der Waals surface area contributed by atoms with Crippen molar-refractivity contribution in [2.75, 3.05) is 39.4 Å². The van der Waals surface area contributed by atoms with Gasteiger partial charge in [0.05, 0.1) is 6.04 Å². The van der Waals surface area contributed by atoms with Crippen molar-refractivity contribution in [2.45, 2.75) is 45.2 Å². The van der Waals surface area contributed by atoms with E-state index in [1.165, 1.54) is 0 Å². The Balaban J connectivity index is 0.00000220. The van der Waals surface area contributed by atoms with E-state index in [1.807, 2.05) is 4.90 Å². The molecule has 0 aromatic rings. The van der Waals surface area contributed by atoms with Crippen LogP contribution in [-0.2, 0) is 9.53 Å². The molecule has 0 radical (unpaired) electrons. The lowest BCUT2D eigenvalue weighted by Gasteiger charge is -2.41. The van der Waals surface area contributed by atoms with Crippen LogP contribution in [0.2, 0.25) is 0 Å². The van der Waals surface area contributed by atoms with Crippen LogP contribution in [0, 0.1) is 5.92 Å². The van der Waals surface area contributed by atoms with E-state index in [0.717, 1.165) is 58.7 Å². The topological polar surface area (TPSA) is 58.8 Å². The Bertz CT molecular complexity index is 316. The number of halogens is 1. The standard InChI is InChI=1S/C15H29N3O2.ClH/c1-3-12(2)14(16)15(19)18-8-6-17(7-9-18)13-4-10-20-11-5-13;/h12-14H,3-11,16H2,1-2H3;1H. The molecule has 0 aromatic heterocycles. The molecule has 2 aliphatic heterocycles. The van der Waals surface area contributed by atoms with Crippen molar-refractivity contribution in [3.63, 3.8) is 0 Å². The summed E-state index contributed by atoms with van der Waals surface area (Å²) in [6, 6.07) is 0.305. The van der Waals surface area contributed by atoms with E-state index in [0.29, 0.717) is 6.04 Å². The minimum Gasteiger partial charge on any atom is -0.381 e. The molecule has 0 saturated carbocycles. The number of rotatable bonds is 4. The average Bonchev–Trinajstić information content (AvgIpc) is 2.53. The average molecular weight is 320 g/mol. The van der Waals surface area contributed by atoms with Crippen LogP contribution < -0.4 is 5.73 Å². The molecule has 6 heteroatoms. The number of piperazine rings is 1. The SMILES string of the molecule is CCC(C)C(N)C(=O)N1CCN(C2CCOCC2)CC1.Cl. The third-order valence-corrected chi connectivity index (χ3v) is 4.88. The summed E-state index contributed by atoms with van der Waals surface area (Å²) in [6.07, 6.45) is 3.20. The van der Waals surface area contributed by atoms with Crippen molar-refractivity contribution < 1.29 is 9.53 Å². The highest BCUT2D eigenvalue weighted by Gasteiger charge is 2.30. The summed E-state index contributed by atoms with van der Waals surface area (Å²) in [5.74, 6) is 0.391. The molecule has 0 spiro atoms. The van der Waals surface area contributed by atoms with Gasteiger partial charge in [-0.15, -0.1) is 12.4 Å². The molecule has 2 saturated heterocycles. The zero-order chi connectivity index (χ0) is 14.5. The monoisotopic (exact) mass is 319 g/mol. The number of carbonyl (C=O) groups is 1. The Labute approximate surface area is 134 Å². The van der Waals surface area contributed by atoms with Crippen LogP contribution in [0.5, 0.6) is 0 Å². The minimum absolute atomic E-state index is 0. The van der Waals surface area contributed by atoms with Crippen LogP contribution in [0.3, 0.4) is 0 Å². The summed E-state index contributed by atoms with van der Waals surface area (Å²) in [5, 5.41) is 0. The van der Waals surface area contributed by atoms with Crippen LogP contribution in [0.25, 0.3) is 0 Å². The maximum absolute atomic E-state index is 12.3. The smallest absolute Gasteiger partial charge is 0.239 e. The Morgan fingerprint density at radius 1 is 1.24 bits per heavy atom. The fourth-order valence-corrected chi connectivity index (χ4v) is 3.07. The van der Waals surface area contributed by atoms with Gasteiger partial charge in [-0.25, -0.2) is 0 Å². The van der Waals surface area contributed by atoms with Crippen molar-refractivity contribution in [1.29, 1.82) is 0 Å². The van der Waals surface area contributed by atoms with Crippen LogP contribution in [-0.4, -0.2) is 67.2 Å². The van der Waals surface area contributed by atoms with Gasteiger partial charge in [0.1, 0.15) is 0 Å². The molecule has 2 N–H and O–H groups in total. The van der Waals surface area contributed by atoms with Crippen LogP contribution in [0.1, 0.15) is 33.1 Å². The second-order valence-electron chi connectivity index (χ2n) is 6.12. The molecule has 2 aliphatic rings. The van der Waals surface area contributed by atoms with E-state index in [1.54, 1.807) is 0 Å². The third-order valence-electron chi connectivity index (χ3n) is 4.88. The third kappa shape index (κ3) is 4.81. The van der Waals surface area contributed by atoms with Gasteiger partial charge in [0.25, 0.3) is 0 Å². The zero-order valence-electron chi connectivity index (χ0n) is 13.3. The molecule has 5 nitrogen and oxygen atoms in total. The van der Waals surface area contributed by atoms with Gasteiger partial charge < -0.3 is 15.4 Å². The summed E-state index contributed by atoms with van der Waals surface area (Å²) < 4.78 is 5.41. The van der Waals surface area contributed by atoms with Gasteiger partial charge in [-0.3, -0.25) is 9.69 Å². The number of amides is 1. The van der Waals surface area contributed by atoms with Crippen molar-refractivity contribution in [1.82, 2.24) is 9.80 Å². The first-order chi connectivity index (χ1) is 9.63. The Morgan fingerprint density at radius 2 is 1.81 bits per heavy atom. The molecule has 0 aromatic carbocycles. The lowest BCUT2D eigenvalue weighted by molar-refractivity contribution is -0.136. The molecule has 124 valence electrons. The van der Waals surface area contributed by atoms with Crippen molar-refractivity contribution in [2.24, 2.45) is 11.7 Å². The molecular formula is C15H30ClN3O2.